The van der Waals surface area contributed by atoms with Crippen LogP contribution in [0.4, 0.5) is 0 Å². The van der Waals surface area contributed by atoms with Gasteiger partial charge in [0.05, 0.1) is 0 Å². The van der Waals surface area contributed by atoms with Crippen molar-refractivity contribution in [2.45, 2.75) is 127 Å². The van der Waals surface area contributed by atoms with Crippen LogP contribution in [0, 0.1) is 5.92 Å². The maximum atomic E-state index is 4.22. The van der Waals surface area contributed by atoms with Gasteiger partial charge in [0.25, 0.3) is 0 Å². The van der Waals surface area contributed by atoms with Gasteiger partial charge in [-0.1, -0.05) is 116 Å². The molecule has 0 N–H and O–H groups in total. The van der Waals surface area contributed by atoms with E-state index in [0.29, 0.717) is 24.0 Å². The Morgan fingerprint density at radius 3 is 1.19 bits per heavy atom. The highest BCUT2D eigenvalue weighted by molar-refractivity contribution is 5.18. The van der Waals surface area contributed by atoms with Crippen LogP contribution in [0.5, 0.6) is 0 Å². The van der Waals surface area contributed by atoms with Crippen LogP contribution < -0.4 is 0 Å². The average molecular weight is 584 g/mol. The van der Waals surface area contributed by atoms with E-state index in [9.17, 15) is 0 Å². The van der Waals surface area contributed by atoms with E-state index >= 15 is 0 Å². The Hall–Kier alpha value is -2.68. The zero-order valence-corrected chi connectivity index (χ0v) is 29.8. The van der Waals surface area contributed by atoms with Gasteiger partial charge in [0.2, 0.25) is 0 Å². The molecular weight excluding hydrogens is 510 g/mol. The van der Waals surface area contributed by atoms with E-state index in [-0.39, 0.29) is 7.43 Å². The van der Waals surface area contributed by atoms with Crippen LogP contribution in [-0.4, -0.2) is 54.0 Å². The monoisotopic (exact) mass is 584 g/mol. The van der Waals surface area contributed by atoms with Gasteiger partial charge >= 0.3 is 0 Å². The number of hydrogen-bond donors (Lipinski definition) is 0. The second-order valence-corrected chi connectivity index (χ2v) is 11.4. The molecule has 0 bridgehead atoms. The molecule has 0 saturated carbocycles. The van der Waals surface area contributed by atoms with Gasteiger partial charge in [-0.3, -0.25) is 0 Å². The van der Waals surface area contributed by atoms with Crippen LogP contribution in [0.2, 0.25) is 0 Å². The molecule has 0 rings (SSSR count). The predicted octanol–water partition coefficient (Wildman–Crippen LogP) is 11.6. The molecule has 0 aromatic carbocycles. The topological polar surface area (TPSA) is 9.72 Å². The van der Waals surface area contributed by atoms with E-state index in [0.717, 1.165) is 43.5 Å². The lowest BCUT2D eigenvalue weighted by Gasteiger charge is -2.35. The second-order valence-electron chi connectivity index (χ2n) is 11.4. The van der Waals surface area contributed by atoms with E-state index in [2.05, 4.69) is 144 Å². The number of hydrogen-bond acceptors (Lipinski definition) is 3. The van der Waals surface area contributed by atoms with E-state index in [1.54, 1.807) is 0 Å². The molecule has 3 nitrogen and oxygen atoms in total. The minimum absolute atomic E-state index is 0. The summed E-state index contributed by atoms with van der Waals surface area (Å²) in [5, 5.41) is 0. The Morgan fingerprint density at radius 1 is 0.571 bits per heavy atom. The molecule has 0 spiro atoms. The standard InChI is InChI=1S/C15H27N.C12H21N.C11H21N.CH4/c1-9-14(11(3)4)13(7)16(8)15(10-2)12(5)6;1-7-9-11(5)13(6)12(8-2)10(3)4;1-7-10(5)12(6)11(8-2)9(3)4;/h14-15H,3,5,7,9-10H2,1-2,4,6,8H3;7,9,12H,3,5,8H2,1-2,4,6H3;11H,3,5,7-8H2,1-2,4,6H3;1H4/b;9-7+;;. The molecule has 42 heavy (non-hydrogen) atoms. The van der Waals surface area contributed by atoms with Gasteiger partial charge in [-0.25, -0.2) is 0 Å². The van der Waals surface area contributed by atoms with Crippen molar-refractivity contribution < 1.29 is 0 Å². The van der Waals surface area contributed by atoms with Gasteiger partial charge in [0.1, 0.15) is 0 Å². The third-order valence-corrected chi connectivity index (χ3v) is 7.85. The molecule has 0 aliphatic heterocycles. The first-order chi connectivity index (χ1) is 18.9. The van der Waals surface area contributed by atoms with Crippen LogP contribution in [-0.2, 0) is 0 Å². The molecule has 0 amide bonds. The first kappa shape index (κ1) is 46.3. The Morgan fingerprint density at radius 2 is 0.929 bits per heavy atom. The maximum absolute atomic E-state index is 4.22. The fourth-order valence-corrected chi connectivity index (χ4v) is 5.15. The Kier molecular flexibility index (Phi) is 27.4. The van der Waals surface area contributed by atoms with E-state index < -0.39 is 0 Å². The van der Waals surface area contributed by atoms with Crippen molar-refractivity contribution in [3.63, 3.8) is 0 Å². The highest BCUT2D eigenvalue weighted by Crippen LogP contribution is 2.27. The van der Waals surface area contributed by atoms with Crippen LogP contribution in [0.1, 0.15) is 109 Å². The summed E-state index contributed by atoms with van der Waals surface area (Å²) in [7, 11) is 6.26. The summed E-state index contributed by atoms with van der Waals surface area (Å²) in [4.78, 5) is 6.65. The van der Waals surface area contributed by atoms with Gasteiger partial charge in [-0.15, -0.1) is 0 Å². The molecule has 0 fully saturated rings. The molecule has 0 saturated heterocycles. The SMILES string of the molecule is C.C=C(C)C(CC)C(=C)N(C)C(CC)C(=C)C.C=C(C)C(CC)N(C)C(=C)/C=C/C.C=C(C)C(CC)N(C)C(=C)CC. The molecule has 0 radical (unpaired) electrons. The van der Waals surface area contributed by atoms with Crippen LogP contribution in [0.3, 0.4) is 0 Å². The first-order valence-electron chi connectivity index (χ1n) is 15.4. The summed E-state index contributed by atoms with van der Waals surface area (Å²) in [6.07, 6.45) is 9.34. The molecule has 0 heterocycles. The summed E-state index contributed by atoms with van der Waals surface area (Å²) >= 11 is 0. The van der Waals surface area contributed by atoms with E-state index in [1.165, 1.54) is 28.0 Å². The fourth-order valence-electron chi connectivity index (χ4n) is 5.15. The second kappa shape index (κ2) is 24.9. The molecule has 4 unspecified atom stereocenters. The zero-order chi connectivity index (χ0) is 33.0. The minimum Gasteiger partial charge on any atom is -0.372 e. The van der Waals surface area contributed by atoms with Crippen molar-refractivity contribution >= 4 is 0 Å². The van der Waals surface area contributed by atoms with Gasteiger partial charge in [0, 0.05) is 62.3 Å². The molecular formula is C39H73N3. The Labute approximate surface area is 265 Å². The smallest absolute Gasteiger partial charge is 0.0490 e. The highest BCUT2D eigenvalue weighted by atomic mass is 15.1. The molecule has 0 aromatic heterocycles. The predicted molar refractivity (Wildman–Crippen MR) is 198 cm³/mol. The van der Waals surface area contributed by atoms with Gasteiger partial charge in [-0.05, 0) is 72.8 Å². The molecule has 0 aromatic rings. The third-order valence-electron chi connectivity index (χ3n) is 7.85. The minimum atomic E-state index is 0. The largest absolute Gasteiger partial charge is 0.372 e. The van der Waals surface area contributed by atoms with Gasteiger partial charge in [0.15, 0.2) is 0 Å². The highest BCUT2D eigenvalue weighted by Gasteiger charge is 2.20. The normalized spacial score (nSPS) is 12.9. The molecule has 244 valence electrons. The van der Waals surface area contributed by atoms with Crippen molar-refractivity contribution in [2.24, 2.45) is 5.92 Å². The number of likely N-dealkylation sites (N-methyl/N-ethyl adjacent to an activating group) is 3. The van der Waals surface area contributed by atoms with E-state index in [4.69, 9.17) is 0 Å². The fraction of sp³-hybridized carbons (Fsp3) is 0.590. The lowest BCUT2D eigenvalue weighted by Crippen LogP contribution is -2.33. The first-order valence-corrected chi connectivity index (χ1v) is 15.4. The lowest BCUT2D eigenvalue weighted by atomic mass is 9.93. The van der Waals surface area contributed by atoms with Crippen molar-refractivity contribution in [2.75, 3.05) is 21.1 Å². The van der Waals surface area contributed by atoms with E-state index in [1.807, 2.05) is 19.1 Å². The van der Waals surface area contributed by atoms with Crippen molar-refractivity contribution in [3.8, 4) is 0 Å². The zero-order valence-electron chi connectivity index (χ0n) is 29.8. The Bertz CT molecular complexity index is 887. The van der Waals surface area contributed by atoms with Crippen molar-refractivity contribution in [3.05, 3.63) is 97.6 Å². The quantitative estimate of drug-likeness (QED) is 0.124. The summed E-state index contributed by atoms with van der Waals surface area (Å²) < 4.78 is 0. The number of rotatable bonds is 17. The molecule has 3 heteroatoms. The maximum Gasteiger partial charge on any atom is 0.0490 e. The van der Waals surface area contributed by atoms with Gasteiger partial charge < -0.3 is 14.7 Å². The van der Waals surface area contributed by atoms with Gasteiger partial charge in [-0.2, -0.15) is 0 Å². The number of allylic oxidation sites excluding steroid dienone is 4. The summed E-state index contributed by atoms with van der Waals surface area (Å²) in [5.74, 6) is 0.387. The lowest BCUT2D eigenvalue weighted by molar-refractivity contribution is 0.301. The Balaban J connectivity index is -0.000000258. The van der Waals surface area contributed by atoms with Crippen LogP contribution in [0.15, 0.2) is 97.6 Å². The van der Waals surface area contributed by atoms with Crippen molar-refractivity contribution in [1.29, 1.82) is 0 Å². The average Bonchev–Trinajstić information content (AvgIpc) is 2.89. The molecule has 0 aliphatic carbocycles. The van der Waals surface area contributed by atoms with Crippen LogP contribution >= 0.6 is 0 Å². The molecule has 0 aliphatic rings. The number of nitrogens with zero attached hydrogens (tertiary/aromatic N) is 3. The molecule has 4 atom stereocenters. The summed E-state index contributed by atoms with van der Waals surface area (Å²) in [6.45, 7) is 49.4. The van der Waals surface area contributed by atoms with Crippen molar-refractivity contribution in [1.82, 2.24) is 14.7 Å². The third kappa shape index (κ3) is 16.7. The summed E-state index contributed by atoms with van der Waals surface area (Å²) in [6, 6.07) is 1.25. The summed E-state index contributed by atoms with van der Waals surface area (Å²) in [5.41, 5.74) is 8.18. The van der Waals surface area contributed by atoms with Crippen LogP contribution in [0.25, 0.3) is 0 Å².